The third kappa shape index (κ3) is 22.6. The number of primary amides is 1. The molecule has 6 amide bonds. The quantitative estimate of drug-likeness (QED) is 0.0720. The van der Waals surface area contributed by atoms with Gasteiger partial charge in [0.1, 0.15) is 11.6 Å². The number of nitrogens with one attached hydrogen (secondary N) is 1. The minimum atomic E-state index is -0.589. The maximum absolute atomic E-state index is 13.8. The Kier molecular flexibility index (Phi) is 31.8. The number of ether oxygens (including phenoxy) is 1. The molecule has 16 nitrogen and oxygen atoms in total. The average Bonchev–Trinajstić information content (AvgIpc) is 1.64. The molecule has 3 N–H and O–H groups in total. The Morgan fingerprint density at radius 3 is 1.15 bits per heavy atom. The van der Waals surface area contributed by atoms with Gasteiger partial charge in [-0.25, -0.2) is 4.79 Å². The van der Waals surface area contributed by atoms with Crippen LogP contribution < -0.4 is 11.1 Å². The first-order valence-corrected chi connectivity index (χ1v) is 49.7. The summed E-state index contributed by atoms with van der Waals surface area (Å²) in [5, 5.41) is 3.30. The topological polar surface area (TPSA) is 172 Å². The monoisotopic (exact) mass is 1730 g/mol. The first-order chi connectivity index (χ1) is 61.0. The highest BCUT2D eigenvalue weighted by Crippen LogP contribution is 2.49. The van der Waals surface area contributed by atoms with Crippen molar-refractivity contribution in [3.63, 3.8) is 0 Å². The molecule has 0 spiro atoms. The Hall–Kier alpha value is -8.44. The van der Waals surface area contributed by atoms with Gasteiger partial charge >= 0.3 is 6.09 Å². The second-order valence-corrected chi connectivity index (χ2v) is 42.8. The third-order valence-corrected chi connectivity index (χ3v) is 30.9. The number of amides is 6. The molecule has 4 atom stereocenters. The van der Waals surface area contributed by atoms with Crippen LogP contribution in [-0.4, -0.2) is 187 Å². The molecule has 3 unspecified atom stereocenters. The normalized spacial score (nSPS) is 25.4. The van der Waals surface area contributed by atoms with Crippen molar-refractivity contribution in [3.05, 3.63) is 200 Å². The highest BCUT2D eigenvalue weighted by molar-refractivity contribution is 5.93. The predicted octanol–water partition coefficient (Wildman–Crippen LogP) is 20.3. The lowest BCUT2D eigenvalue weighted by molar-refractivity contribution is -0.143. The first kappa shape index (κ1) is 94.7. The summed E-state index contributed by atoms with van der Waals surface area (Å²) in [6.07, 6.45) is 25.3. The van der Waals surface area contributed by atoms with Crippen LogP contribution in [0.15, 0.2) is 150 Å². The second kappa shape index (κ2) is 42.6. The molecule has 0 radical (unpaired) electrons. The first-order valence-electron chi connectivity index (χ1n) is 49.7. The molecule has 127 heavy (non-hydrogen) atoms. The van der Waals surface area contributed by atoms with Crippen molar-refractivity contribution in [2.45, 2.75) is 273 Å². The smallest absolute Gasteiger partial charge is 0.410 e. The Labute approximate surface area is 763 Å². The van der Waals surface area contributed by atoms with Gasteiger partial charge < -0.3 is 50.1 Å². The number of hydrogen-bond acceptors (Lipinski definition) is 10. The van der Waals surface area contributed by atoms with Crippen molar-refractivity contribution in [1.29, 1.82) is 0 Å². The van der Waals surface area contributed by atoms with E-state index in [2.05, 4.69) is 215 Å². The van der Waals surface area contributed by atoms with E-state index in [0.717, 1.165) is 166 Å². The number of benzene rings is 5. The second-order valence-electron chi connectivity index (χ2n) is 42.8. The maximum atomic E-state index is 13.8. The maximum Gasteiger partial charge on any atom is 0.410 e. The van der Waals surface area contributed by atoms with Crippen LogP contribution in [0, 0.1) is 71.0 Å². The van der Waals surface area contributed by atoms with Crippen LogP contribution in [0.4, 0.5) is 4.79 Å². The van der Waals surface area contributed by atoms with Crippen LogP contribution >= 0.6 is 0 Å². The lowest BCUT2D eigenvalue weighted by Gasteiger charge is -2.42. The zero-order chi connectivity index (χ0) is 90.1. The number of carbonyl (C=O) groups excluding carboxylic acids is 6. The van der Waals surface area contributed by atoms with E-state index in [1.807, 2.05) is 40.0 Å². The highest BCUT2D eigenvalue weighted by Gasteiger charge is 2.47. The molecular weight excluding hydrogens is 1570 g/mol. The van der Waals surface area contributed by atoms with Crippen LogP contribution in [-0.2, 0) is 60.9 Å². The molecule has 12 aliphatic rings. The molecule has 5 aromatic carbocycles. The molecule has 8 aliphatic carbocycles. The molecule has 16 heteroatoms. The average molecular weight is 1730 g/mol. The summed E-state index contributed by atoms with van der Waals surface area (Å²) in [7, 11) is 8.30. The van der Waals surface area contributed by atoms with Crippen molar-refractivity contribution in [2.75, 3.05) is 87.1 Å². The fourth-order valence-corrected chi connectivity index (χ4v) is 24.6. The molecule has 0 aromatic heterocycles. The van der Waals surface area contributed by atoms with Gasteiger partial charge in [0.05, 0.1) is 18.1 Å². The van der Waals surface area contributed by atoms with Crippen molar-refractivity contribution in [1.82, 2.24) is 39.6 Å². The largest absolute Gasteiger partial charge is 0.444 e. The van der Waals surface area contributed by atoms with Crippen molar-refractivity contribution in [3.8, 4) is 0 Å². The fourth-order valence-electron chi connectivity index (χ4n) is 24.6. The van der Waals surface area contributed by atoms with E-state index in [4.69, 9.17) is 10.5 Å². The van der Waals surface area contributed by atoms with E-state index in [0.29, 0.717) is 66.8 Å². The Morgan fingerprint density at radius 1 is 0.433 bits per heavy atom. The predicted molar refractivity (Wildman–Crippen MR) is 517 cm³/mol. The van der Waals surface area contributed by atoms with Crippen molar-refractivity contribution < 1.29 is 33.5 Å². The number of nitrogens with two attached hydrogens (primary N) is 1. The molecule has 4 aliphatic heterocycles. The van der Waals surface area contributed by atoms with Gasteiger partial charge in [-0.05, 0) is 351 Å². The van der Waals surface area contributed by atoms with E-state index in [1.165, 1.54) is 153 Å². The van der Waals surface area contributed by atoms with Gasteiger partial charge in [-0.15, -0.1) is 0 Å². The fraction of sp³-hybridized carbons (Fsp3) is 0.604. The van der Waals surface area contributed by atoms with Gasteiger partial charge in [-0.1, -0.05) is 183 Å². The molecule has 0 bridgehead atoms. The van der Waals surface area contributed by atoms with Crippen LogP contribution in [0.3, 0.4) is 0 Å². The molecule has 0 saturated heterocycles. The number of rotatable bonds is 21. The minimum absolute atomic E-state index is 0.0465. The van der Waals surface area contributed by atoms with Gasteiger partial charge in [-0.3, -0.25) is 24.0 Å². The number of hydrogen-bond donors (Lipinski definition) is 2. The molecule has 4 fully saturated rings. The van der Waals surface area contributed by atoms with Crippen molar-refractivity contribution in [2.24, 2.45) is 76.7 Å². The van der Waals surface area contributed by atoms with Crippen molar-refractivity contribution >= 4 is 57.9 Å². The van der Waals surface area contributed by atoms with E-state index >= 15 is 0 Å². The van der Waals surface area contributed by atoms with Gasteiger partial charge in [0.2, 0.25) is 29.5 Å². The summed E-state index contributed by atoms with van der Waals surface area (Å²) >= 11 is 0. The van der Waals surface area contributed by atoms with Gasteiger partial charge in [0.25, 0.3) is 0 Å². The Balaban J connectivity index is 0.000000138. The molecule has 5 aromatic rings. The number of nitrogens with zero attached hydrogens (tertiary/aromatic N) is 7. The van der Waals surface area contributed by atoms with E-state index < -0.39 is 17.6 Å². The molecule has 686 valence electrons. The van der Waals surface area contributed by atoms with Crippen LogP contribution in [0.5, 0.6) is 0 Å². The zero-order valence-corrected chi connectivity index (χ0v) is 80.2. The summed E-state index contributed by atoms with van der Waals surface area (Å²) in [5.41, 5.74) is 29.4. The SMILES string of the molecule is CC(C)C1C2=C(CCN1C(=O)C1CCC(CN(C)Cc3ccccc3)CC1)c1ccccc1C2.CC(C)CCN(C)CC1CCC(C(=O)N2CCC3=C(Cc4ccccc43)C2C(C)C)CC1.CN(CC1CCC(C(=O)N2CC3=C(C[C@H]2C(N)=O)c2ccccc2C3)CC1)C(=O)OC(C)(C)C.CNCC1CCC(C(=O)N2CCC3=C(Cc4ccccc43)C2C(C)C)CC1. The van der Waals surface area contributed by atoms with Gasteiger partial charge in [0.15, 0.2) is 0 Å². The Morgan fingerprint density at radius 2 is 0.780 bits per heavy atom. The standard InChI is InChI=1S/C31H40N2O.C29H44N2O.C27H37N3O4.C24H34N2O/c1-22(2)30-29-19-26-11-7-8-12-27(26)28(29)17-18-33(30)31(34)25-15-13-24(14-16-25)21-32(3)20-23-9-5-4-6-10-23;1-20(2)14-16-30(5)19-22-10-12-23(13-11-22)29(32)31-17-15-26-25-9-7-6-8-24(25)18-27(26)28(31)21(3)4;1-27(2,3)34-26(33)29(4)15-17-9-11-18(12-10-17)25(32)30-16-20-13-19-7-5-6-8-21(19)22(20)14-23(30)24(28)31;1-16(2)23-22-14-19-6-4-5-7-20(19)21(22)12-13-26(23)24(27)18-10-8-17(9-11-18)15-25-3/h4-12,22,24-25,30H,13-21H2,1-3H3;6-9,20-23,28H,10-19H2,1-5H3;5-8,17-18,23H,9-16H2,1-4H3,(H2,28,31);4-7,16-18,23,25H,8-15H2,1-3H3/t;;17?,18?,23-;/m..0./s1. The molecular formula is C111H155N9O7. The minimum Gasteiger partial charge on any atom is -0.444 e. The molecule has 4 saturated carbocycles. The summed E-state index contributed by atoms with van der Waals surface area (Å²) < 4.78 is 5.45. The lowest BCUT2D eigenvalue weighted by atomic mass is 9.79. The summed E-state index contributed by atoms with van der Waals surface area (Å²) in [5.74, 6) is 6.21. The zero-order valence-electron chi connectivity index (χ0n) is 80.2. The van der Waals surface area contributed by atoms with Gasteiger partial charge in [0, 0.05) is 89.5 Å². The van der Waals surface area contributed by atoms with Crippen LogP contribution in [0.25, 0.3) is 22.3 Å². The number of fused-ring (bicyclic) bond motifs is 8. The summed E-state index contributed by atoms with van der Waals surface area (Å²) in [6, 6.07) is 45.8. The molecule has 17 rings (SSSR count). The lowest BCUT2D eigenvalue weighted by Crippen LogP contribution is -2.53. The van der Waals surface area contributed by atoms with E-state index in [1.54, 1.807) is 16.8 Å². The highest BCUT2D eigenvalue weighted by atomic mass is 16.6. The van der Waals surface area contributed by atoms with Crippen LogP contribution in [0.2, 0.25) is 0 Å². The molecule has 4 heterocycles. The Bertz CT molecular complexity index is 4780. The van der Waals surface area contributed by atoms with E-state index in [-0.39, 0.29) is 53.8 Å². The summed E-state index contributed by atoms with van der Waals surface area (Å²) in [6.45, 7) is 33.3. The summed E-state index contributed by atoms with van der Waals surface area (Å²) in [4.78, 5) is 94.3. The van der Waals surface area contributed by atoms with Crippen LogP contribution in [0.1, 0.15) is 261 Å². The van der Waals surface area contributed by atoms with E-state index in [9.17, 15) is 28.8 Å². The third-order valence-electron chi connectivity index (χ3n) is 30.9. The number of carbonyl (C=O) groups is 6. The van der Waals surface area contributed by atoms with Gasteiger partial charge in [-0.2, -0.15) is 0 Å².